The number of piperidine rings is 1. The molecule has 3 aliphatic rings. The van der Waals surface area contributed by atoms with E-state index in [0.717, 1.165) is 41.4 Å². The highest BCUT2D eigenvalue weighted by Crippen LogP contribution is 2.58. The summed E-state index contributed by atoms with van der Waals surface area (Å²) in [6.45, 7) is 0.905. The van der Waals surface area contributed by atoms with Crippen molar-refractivity contribution >= 4 is 21.7 Å². The third kappa shape index (κ3) is 1.81. The van der Waals surface area contributed by atoms with Gasteiger partial charge >= 0.3 is 0 Å². The Balaban J connectivity index is 1.99. The molecule has 0 radical (unpaired) electrons. The molecule has 0 amide bonds. The Morgan fingerprint density at radius 2 is 2.32 bits per heavy atom. The molecule has 3 atom stereocenters. The molecule has 0 aromatic heterocycles. The second-order valence-corrected chi connectivity index (χ2v) is 7.65. The van der Waals surface area contributed by atoms with Crippen LogP contribution in [-0.2, 0) is 16.6 Å². The molecule has 1 aromatic carbocycles. The van der Waals surface area contributed by atoms with Crippen molar-refractivity contribution in [2.24, 2.45) is 5.92 Å². The molecular weight excluding hydrogens is 346 g/mol. The Morgan fingerprint density at radius 1 is 1.50 bits per heavy atom. The van der Waals surface area contributed by atoms with Gasteiger partial charge in [-0.15, -0.1) is 0 Å². The molecule has 1 heterocycles. The molecule has 4 rings (SSSR count). The molecule has 2 fully saturated rings. The predicted octanol–water partition coefficient (Wildman–Crippen LogP) is 2.69. The second kappa shape index (κ2) is 4.96. The number of benzene rings is 1. The summed E-state index contributed by atoms with van der Waals surface area (Å²) in [7, 11) is 1.57. The Labute approximate surface area is 138 Å². The third-order valence-electron chi connectivity index (χ3n) is 5.88. The van der Waals surface area contributed by atoms with Gasteiger partial charge in [0, 0.05) is 34.3 Å². The van der Waals surface area contributed by atoms with Gasteiger partial charge in [0.25, 0.3) is 0 Å². The maximum atomic E-state index is 12.2. The molecule has 5 heteroatoms. The summed E-state index contributed by atoms with van der Waals surface area (Å²) in [4.78, 5) is 12.2. The number of carbonyl (C=O) groups excluding carboxylic acids is 1. The summed E-state index contributed by atoms with van der Waals surface area (Å²) >= 11 is 3.64. The zero-order chi connectivity index (χ0) is 15.5. The van der Waals surface area contributed by atoms with Crippen LogP contribution in [0.3, 0.4) is 0 Å². The van der Waals surface area contributed by atoms with E-state index in [2.05, 4.69) is 21.2 Å². The van der Waals surface area contributed by atoms with E-state index < -0.39 is 0 Å². The van der Waals surface area contributed by atoms with Crippen molar-refractivity contribution in [3.05, 3.63) is 21.7 Å². The summed E-state index contributed by atoms with van der Waals surface area (Å²) in [5.74, 6) is 1.48. The molecule has 2 aliphatic carbocycles. The van der Waals surface area contributed by atoms with Crippen LogP contribution in [-0.4, -0.2) is 30.6 Å². The summed E-state index contributed by atoms with van der Waals surface area (Å²) < 4.78 is 6.33. The standard InChI is InChI=1S/C17H20BrNO3/c1-22-14-7-12(18)10-6-13-11-3-2-9(20)8-17(11,4-5-19-13)15(10)16(14)21/h7,11,13,19,21H,2-6,8H2,1H3/t11?,13?,17-/m0/s1. The van der Waals surface area contributed by atoms with Crippen LogP contribution in [0.15, 0.2) is 10.5 Å². The predicted molar refractivity (Wildman–Crippen MR) is 86.5 cm³/mol. The van der Waals surface area contributed by atoms with Crippen LogP contribution in [0, 0.1) is 5.92 Å². The van der Waals surface area contributed by atoms with Crippen LogP contribution in [0.2, 0.25) is 0 Å². The molecule has 1 saturated carbocycles. The lowest BCUT2D eigenvalue weighted by molar-refractivity contribution is -0.125. The minimum Gasteiger partial charge on any atom is -0.504 e. The van der Waals surface area contributed by atoms with Crippen molar-refractivity contribution in [3.8, 4) is 11.5 Å². The number of nitrogens with one attached hydrogen (secondary N) is 1. The van der Waals surface area contributed by atoms with E-state index in [-0.39, 0.29) is 11.2 Å². The van der Waals surface area contributed by atoms with Crippen LogP contribution in [0.1, 0.15) is 36.8 Å². The molecular formula is C17H20BrNO3. The van der Waals surface area contributed by atoms with Gasteiger partial charge in [0.1, 0.15) is 5.78 Å². The van der Waals surface area contributed by atoms with Crippen molar-refractivity contribution in [1.82, 2.24) is 5.32 Å². The van der Waals surface area contributed by atoms with Gasteiger partial charge in [-0.1, -0.05) is 15.9 Å². The van der Waals surface area contributed by atoms with E-state index in [1.807, 2.05) is 6.07 Å². The molecule has 1 aromatic rings. The summed E-state index contributed by atoms with van der Waals surface area (Å²) in [5, 5.41) is 14.4. The number of fused-ring (bicyclic) bond motifs is 1. The normalized spacial score (nSPS) is 33.1. The summed E-state index contributed by atoms with van der Waals surface area (Å²) in [6, 6.07) is 2.24. The number of methoxy groups -OCH3 is 1. The fourth-order valence-electron chi connectivity index (χ4n) is 5.03. The average molecular weight is 366 g/mol. The van der Waals surface area contributed by atoms with Gasteiger partial charge in [-0.05, 0) is 43.4 Å². The Morgan fingerprint density at radius 3 is 3.09 bits per heavy atom. The first kappa shape index (κ1) is 14.5. The maximum absolute atomic E-state index is 12.2. The van der Waals surface area contributed by atoms with E-state index in [0.29, 0.717) is 36.3 Å². The SMILES string of the molecule is COc1cc(Br)c2c(c1O)[C@]13CCNC(C2)C1CCC(=O)C3. The lowest BCUT2D eigenvalue weighted by Gasteiger charge is -2.55. The van der Waals surface area contributed by atoms with Crippen LogP contribution in [0.4, 0.5) is 0 Å². The minimum absolute atomic E-state index is 0.222. The lowest BCUT2D eigenvalue weighted by Crippen LogP contribution is -2.60. The Kier molecular flexibility index (Phi) is 3.28. The molecule has 1 saturated heterocycles. The smallest absolute Gasteiger partial charge is 0.161 e. The van der Waals surface area contributed by atoms with Gasteiger partial charge in [0.15, 0.2) is 11.5 Å². The molecule has 22 heavy (non-hydrogen) atoms. The maximum Gasteiger partial charge on any atom is 0.161 e. The van der Waals surface area contributed by atoms with E-state index >= 15 is 0 Å². The zero-order valence-corrected chi connectivity index (χ0v) is 14.2. The number of phenols is 1. The fourth-order valence-corrected chi connectivity index (χ4v) is 5.60. The van der Waals surface area contributed by atoms with Crippen molar-refractivity contribution in [2.75, 3.05) is 13.7 Å². The number of hydrogen-bond acceptors (Lipinski definition) is 4. The van der Waals surface area contributed by atoms with Gasteiger partial charge in [-0.3, -0.25) is 4.79 Å². The number of phenolic OH excluding ortho intramolecular Hbond substituents is 1. The molecule has 2 N–H and O–H groups in total. The number of rotatable bonds is 1. The van der Waals surface area contributed by atoms with Crippen LogP contribution in [0.25, 0.3) is 0 Å². The average Bonchev–Trinajstić information content (AvgIpc) is 2.49. The van der Waals surface area contributed by atoms with Crippen LogP contribution < -0.4 is 10.1 Å². The summed E-state index contributed by atoms with van der Waals surface area (Å²) in [6.07, 6.45) is 3.94. The summed E-state index contributed by atoms with van der Waals surface area (Å²) in [5.41, 5.74) is 1.89. The second-order valence-electron chi connectivity index (χ2n) is 6.79. The topological polar surface area (TPSA) is 58.6 Å². The van der Waals surface area contributed by atoms with Crippen LogP contribution >= 0.6 is 15.9 Å². The number of ether oxygens (including phenoxy) is 1. The van der Waals surface area contributed by atoms with E-state index in [1.54, 1.807) is 7.11 Å². The van der Waals surface area contributed by atoms with Gasteiger partial charge in [0.2, 0.25) is 0 Å². The van der Waals surface area contributed by atoms with Crippen molar-refractivity contribution in [1.29, 1.82) is 0 Å². The Hall–Kier alpha value is -1.07. The highest BCUT2D eigenvalue weighted by molar-refractivity contribution is 9.10. The monoisotopic (exact) mass is 365 g/mol. The van der Waals surface area contributed by atoms with E-state index in [1.165, 1.54) is 0 Å². The van der Waals surface area contributed by atoms with E-state index in [9.17, 15) is 9.90 Å². The van der Waals surface area contributed by atoms with Crippen LogP contribution in [0.5, 0.6) is 11.5 Å². The molecule has 1 aliphatic heterocycles. The highest BCUT2D eigenvalue weighted by Gasteiger charge is 2.55. The molecule has 118 valence electrons. The van der Waals surface area contributed by atoms with Gasteiger partial charge in [-0.25, -0.2) is 0 Å². The van der Waals surface area contributed by atoms with E-state index in [4.69, 9.17) is 4.74 Å². The van der Waals surface area contributed by atoms with Crippen molar-refractivity contribution in [2.45, 2.75) is 43.6 Å². The third-order valence-corrected chi connectivity index (χ3v) is 6.59. The van der Waals surface area contributed by atoms with Gasteiger partial charge < -0.3 is 15.2 Å². The quantitative estimate of drug-likeness (QED) is 0.803. The molecule has 0 spiro atoms. The van der Waals surface area contributed by atoms with Gasteiger partial charge in [-0.2, -0.15) is 0 Å². The number of halogens is 1. The number of aromatic hydroxyl groups is 1. The highest BCUT2D eigenvalue weighted by atomic mass is 79.9. The lowest BCUT2D eigenvalue weighted by atomic mass is 9.52. The number of hydrogen-bond donors (Lipinski definition) is 2. The molecule has 2 bridgehead atoms. The van der Waals surface area contributed by atoms with Crippen molar-refractivity contribution in [3.63, 3.8) is 0 Å². The number of carbonyl (C=O) groups is 1. The Bertz CT molecular complexity index is 660. The first-order valence-corrected chi connectivity index (χ1v) is 8.70. The molecule has 2 unspecified atom stereocenters. The fraction of sp³-hybridized carbons (Fsp3) is 0.588. The first-order chi connectivity index (χ1) is 10.6. The largest absolute Gasteiger partial charge is 0.504 e. The van der Waals surface area contributed by atoms with Crippen molar-refractivity contribution < 1.29 is 14.6 Å². The minimum atomic E-state index is -0.222. The number of ketones is 1. The number of Topliss-reactive ketones (excluding diaryl/α,β-unsaturated/α-hetero) is 1. The van der Waals surface area contributed by atoms with Gasteiger partial charge in [0.05, 0.1) is 7.11 Å². The zero-order valence-electron chi connectivity index (χ0n) is 12.6. The molecule has 4 nitrogen and oxygen atoms in total. The first-order valence-electron chi connectivity index (χ1n) is 7.90.